The molecule has 1 aromatic rings. The Hall–Kier alpha value is -1.09. The van der Waals surface area contributed by atoms with E-state index >= 15 is 0 Å². The van der Waals surface area contributed by atoms with E-state index < -0.39 is 0 Å². The minimum absolute atomic E-state index is 0.155. The van der Waals surface area contributed by atoms with Crippen molar-refractivity contribution in [3.63, 3.8) is 0 Å². The molecule has 0 atom stereocenters. The minimum atomic E-state index is 0.155. The Morgan fingerprint density at radius 2 is 2.07 bits per heavy atom. The van der Waals surface area contributed by atoms with E-state index in [1.54, 1.807) is 6.20 Å². The van der Waals surface area contributed by atoms with Gasteiger partial charge in [-0.1, -0.05) is 6.07 Å². The number of rotatable bonds is 2. The van der Waals surface area contributed by atoms with Gasteiger partial charge in [-0.2, -0.15) is 0 Å². The van der Waals surface area contributed by atoms with Crippen LogP contribution in [0.2, 0.25) is 0 Å². The van der Waals surface area contributed by atoms with E-state index in [9.17, 15) is 0 Å². The van der Waals surface area contributed by atoms with Gasteiger partial charge in [0, 0.05) is 23.8 Å². The lowest BCUT2D eigenvalue weighted by Crippen LogP contribution is -2.37. The summed E-state index contributed by atoms with van der Waals surface area (Å²) in [5, 5.41) is 0. The number of nitrogen functional groups attached to an aromatic ring is 1. The van der Waals surface area contributed by atoms with Crippen LogP contribution >= 0.6 is 0 Å². The van der Waals surface area contributed by atoms with Crippen LogP contribution in [0.4, 0.5) is 5.82 Å². The molecule has 0 fully saturated rings. The molecule has 0 spiro atoms. The zero-order valence-corrected chi connectivity index (χ0v) is 9.41. The first-order valence-electron chi connectivity index (χ1n) is 4.82. The summed E-state index contributed by atoms with van der Waals surface area (Å²) in [5.74, 6) is 0.628. The van der Waals surface area contributed by atoms with Gasteiger partial charge in [-0.15, -0.1) is 0 Å². The van der Waals surface area contributed by atoms with Crippen LogP contribution in [0.1, 0.15) is 26.3 Å². The molecule has 14 heavy (non-hydrogen) atoms. The Morgan fingerprint density at radius 3 is 2.57 bits per heavy atom. The molecule has 0 saturated carbocycles. The fourth-order valence-corrected chi connectivity index (χ4v) is 1.08. The maximum Gasteiger partial charge on any atom is 0.127 e. The van der Waals surface area contributed by atoms with Gasteiger partial charge in [0.05, 0.1) is 0 Å². The van der Waals surface area contributed by atoms with Gasteiger partial charge < -0.3 is 5.73 Å². The molecule has 0 aliphatic carbocycles. The van der Waals surface area contributed by atoms with Gasteiger partial charge in [0.1, 0.15) is 5.82 Å². The van der Waals surface area contributed by atoms with Crippen molar-refractivity contribution in [3.05, 3.63) is 23.9 Å². The Kier molecular flexibility index (Phi) is 3.11. The van der Waals surface area contributed by atoms with Crippen molar-refractivity contribution in [2.24, 2.45) is 0 Å². The first-order valence-corrected chi connectivity index (χ1v) is 4.82. The Balaban J connectivity index is 2.75. The second kappa shape index (κ2) is 3.96. The second-order valence-electron chi connectivity index (χ2n) is 4.57. The number of aromatic nitrogens is 1. The lowest BCUT2D eigenvalue weighted by atomic mass is 10.1. The van der Waals surface area contributed by atoms with Crippen LogP contribution in [0.15, 0.2) is 18.3 Å². The summed E-state index contributed by atoms with van der Waals surface area (Å²) >= 11 is 0. The molecule has 0 radical (unpaired) electrons. The molecule has 2 N–H and O–H groups in total. The summed E-state index contributed by atoms with van der Waals surface area (Å²) in [6.45, 7) is 7.38. The number of hydrogen-bond acceptors (Lipinski definition) is 3. The van der Waals surface area contributed by atoms with Crippen molar-refractivity contribution < 1.29 is 0 Å². The highest BCUT2D eigenvalue weighted by molar-refractivity contribution is 5.38. The van der Waals surface area contributed by atoms with Crippen molar-refractivity contribution >= 4 is 5.82 Å². The summed E-state index contributed by atoms with van der Waals surface area (Å²) < 4.78 is 0. The third-order valence-electron chi connectivity index (χ3n) is 2.48. The maximum absolute atomic E-state index is 5.77. The third-order valence-corrected chi connectivity index (χ3v) is 2.48. The van der Waals surface area contributed by atoms with Crippen molar-refractivity contribution in [1.29, 1.82) is 0 Å². The van der Waals surface area contributed by atoms with Crippen molar-refractivity contribution in [1.82, 2.24) is 9.88 Å². The third kappa shape index (κ3) is 2.70. The zero-order chi connectivity index (χ0) is 10.8. The molecule has 1 heterocycles. The Labute approximate surface area is 85.9 Å². The van der Waals surface area contributed by atoms with Crippen LogP contribution < -0.4 is 5.73 Å². The average molecular weight is 193 g/mol. The van der Waals surface area contributed by atoms with Crippen LogP contribution in [0.25, 0.3) is 0 Å². The SMILES string of the molecule is CN(Cc1cccnc1N)C(C)(C)C. The number of anilines is 1. The van der Waals surface area contributed by atoms with E-state index in [0.717, 1.165) is 12.1 Å². The van der Waals surface area contributed by atoms with Crippen LogP contribution in [-0.4, -0.2) is 22.5 Å². The molecule has 0 unspecified atom stereocenters. The monoisotopic (exact) mass is 193 g/mol. The molecule has 0 aromatic carbocycles. The summed E-state index contributed by atoms with van der Waals surface area (Å²) in [6.07, 6.45) is 1.72. The molecule has 3 nitrogen and oxygen atoms in total. The molecular weight excluding hydrogens is 174 g/mol. The zero-order valence-electron chi connectivity index (χ0n) is 9.41. The van der Waals surface area contributed by atoms with Crippen LogP contribution in [0, 0.1) is 0 Å². The summed E-state index contributed by atoms with van der Waals surface area (Å²) in [4.78, 5) is 6.32. The maximum atomic E-state index is 5.77. The Morgan fingerprint density at radius 1 is 1.43 bits per heavy atom. The summed E-state index contributed by atoms with van der Waals surface area (Å²) in [7, 11) is 2.09. The van der Waals surface area contributed by atoms with E-state index in [1.807, 2.05) is 12.1 Å². The molecule has 0 aliphatic heterocycles. The fraction of sp³-hybridized carbons (Fsp3) is 0.545. The highest BCUT2D eigenvalue weighted by Crippen LogP contribution is 2.16. The summed E-state index contributed by atoms with van der Waals surface area (Å²) in [5.41, 5.74) is 7.02. The van der Waals surface area contributed by atoms with Crippen LogP contribution in [-0.2, 0) is 6.54 Å². The topological polar surface area (TPSA) is 42.2 Å². The molecular formula is C11H19N3. The van der Waals surface area contributed by atoms with E-state index in [-0.39, 0.29) is 5.54 Å². The highest BCUT2D eigenvalue weighted by atomic mass is 15.2. The van der Waals surface area contributed by atoms with Gasteiger partial charge >= 0.3 is 0 Å². The van der Waals surface area contributed by atoms with Gasteiger partial charge in [0.2, 0.25) is 0 Å². The molecule has 78 valence electrons. The molecule has 0 aliphatic rings. The summed E-state index contributed by atoms with van der Waals surface area (Å²) in [6, 6.07) is 3.94. The van der Waals surface area contributed by atoms with Gasteiger partial charge in [0.25, 0.3) is 0 Å². The van der Waals surface area contributed by atoms with E-state index in [1.165, 1.54) is 0 Å². The second-order valence-corrected chi connectivity index (χ2v) is 4.57. The Bertz CT molecular complexity index is 302. The number of nitrogens with two attached hydrogens (primary N) is 1. The van der Waals surface area contributed by atoms with E-state index in [2.05, 4.69) is 37.7 Å². The van der Waals surface area contributed by atoms with Crippen LogP contribution in [0.5, 0.6) is 0 Å². The van der Waals surface area contributed by atoms with Crippen molar-refractivity contribution in [3.8, 4) is 0 Å². The number of pyridine rings is 1. The lowest BCUT2D eigenvalue weighted by Gasteiger charge is -2.32. The van der Waals surface area contributed by atoms with Gasteiger partial charge in [-0.25, -0.2) is 4.98 Å². The molecule has 3 heteroatoms. The molecule has 0 saturated heterocycles. The molecule has 0 amide bonds. The predicted molar refractivity (Wildman–Crippen MR) is 59.9 cm³/mol. The first kappa shape index (κ1) is 11.0. The molecule has 0 bridgehead atoms. The largest absolute Gasteiger partial charge is 0.383 e. The minimum Gasteiger partial charge on any atom is -0.383 e. The number of hydrogen-bond donors (Lipinski definition) is 1. The fourth-order valence-electron chi connectivity index (χ4n) is 1.08. The van der Waals surface area contributed by atoms with E-state index in [0.29, 0.717) is 5.82 Å². The smallest absolute Gasteiger partial charge is 0.127 e. The van der Waals surface area contributed by atoms with Crippen molar-refractivity contribution in [2.45, 2.75) is 32.9 Å². The molecule has 1 rings (SSSR count). The highest BCUT2D eigenvalue weighted by Gasteiger charge is 2.17. The lowest BCUT2D eigenvalue weighted by molar-refractivity contribution is 0.167. The van der Waals surface area contributed by atoms with Gasteiger partial charge in [-0.3, -0.25) is 4.90 Å². The van der Waals surface area contributed by atoms with Crippen LogP contribution in [0.3, 0.4) is 0 Å². The van der Waals surface area contributed by atoms with Gasteiger partial charge in [0.15, 0.2) is 0 Å². The molecule has 1 aromatic heterocycles. The van der Waals surface area contributed by atoms with Crippen molar-refractivity contribution in [2.75, 3.05) is 12.8 Å². The average Bonchev–Trinajstić information content (AvgIpc) is 2.07. The quantitative estimate of drug-likeness (QED) is 0.780. The normalized spacial score (nSPS) is 12.1. The predicted octanol–water partition coefficient (Wildman–Crippen LogP) is 1.89. The van der Waals surface area contributed by atoms with Gasteiger partial charge in [-0.05, 0) is 33.9 Å². The van der Waals surface area contributed by atoms with E-state index in [4.69, 9.17) is 5.73 Å². The standard InChI is InChI=1S/C11H19N3/c1-11(2,3)14(4)8-9-6-5-7-13-10(9)12/h5-7H,8H2,1-4H3,(H2,12,13). The first-order chi connectivity index (χ1) is 6.41. The number of nitrogens with zero attached hydrogens (tertiary/aromatic N) is 2.